The Morgan fingerprint density at radius 3 is 2.64 bits per heavy atom. The van der Waals surface area contributed by atoms with Gasteiger partial charge < -0.3 is 15.2 Å². The van der Waals surface area contributed by atoms with E-state index in [9.17, 15) is 9.59 Å². The predicted molar refractivity (Wildman–Crippen MR) is 138 cm³/mol. The number of nitrogens with two attached hydrogens (primary N) is 1. The maximum Gasteiger partial charge on any atom is 0.282 e. The third-order valence-electron chi connectivity index (χ3n) is 4.93. The largest absolute Gasteiger partial charge is 0.493 e. The van der Waals surface area contributed by atoms with Crippen LogP contribution in [0.5, 0.6) is 11.5 Å². The molecule has 0 radical (unpaired) electrons. The zero-order valence-corrected chi connectivity index (χ0v) is 22.8. The van der Waals surface area contributed by atoms with E-state index in [4.69, 9.17) is 20.2 Å². The van der Waals surface area contributed by atoms with Gasteiger partial charge in [-0.25, -0.2) is 4.98 Å². The van der Waals surface area contributed by atoms with Crippen LogP contribution in [0, 0.1) is 0 Å². The molecule has 2 aromatic carbocycles. The summed E-state index contributed by atoms with van der Waals surface area (Å²) in [6, 6.07) is 7.07. The zero-order chi connectivity index (χ0) is 24.3. The molecule has 0 bridgehead atoms. The second-order valence-corrected chi connectivity index (χ2v) is 9.68. The normalized spacial score (nSPS) is 12.3. The number of carbonyl (C=O) groups excluding carboxylic acids is 1. The molecule has 11 heteroatoms. The van der Waals surface area contributed by atoms with Crippen LogP contribution >= 0.6 is 47.8 Å². The van der Waals surface area contributed by atoms with Crippen molar-refractivity contribution in [2.45, 2.75) is 26.2 Å². The van der Waals surface area contributed by atoms with Crippen molar-refractivity contribution in [1.29, 1.82) is 0 Å². The van der Waals surface area contributed by atoms with Gasteiger partial charge in [0.25, 0.3) is 11.5 Å². The molecule has 1 aromatic heterocycles. The van der Waals surface area contributed by atoms with Gasteiger partial charge >= 0.3 is 0 Å². The first-order chi connectivity index (χ1) is 15.7. The molecule has 1 heterocycles. The number of fused-ring (bicyclic) bond motifs is 1. The highest BCUT2D eigenvalue weighted by atomic mass is 79.9. The molecule has 3 aromatic rings. The van der Waals surface area contributed by atoms with Gasteiger partial charge in [-0.3, -0.25) is 9.59 Å². The molecule has 0 saturated carbocycles. The number of amides is 1. The third-order valence-corrected chi connectivity index (χ3v) is 7.57. The Kier molecular flexibility index (Phi) is 8.30. The fraction of sp³-hybridized carbons (Fsp3) is 0.273. The summed E-state index contributed by atoms with van der Waals surface area (Å²) in [5.41, 5.74) is 6.14. The minimum atomic E-state index is -0.613. The van der Waals surface area contributed by atoms with E-state index < -0.39 is 5.91 Å². The Morgan fingerprint density at radius 1 is 1.27 bits per heavy atom. The van der Waals surface area contributed by atoms with Crippen LogP contribution in [0.4, 0.5) is 0 Å². The van der Waals surface area contributed by atoms with Gasteiger partial charge in [-0.05, 0) is 62.5 Å². The Hall–Kier alpha value is -2.24. The number of primary amides is 1. The minimum Gasteiger partial charge on any atom is -0.493 e. The van der Waals surface area contributed by atoms with E-state index in [1.165, 1.54) is 18.0 Å². The summed E-state index contributed by atoms with van der Waals surface area (Å²) in [6.45, 7) is 3.72. The lowest BCUT2D eigenvalue weighted by Crippen LogP contribution is -2.23. The second-order valence-electron chi connectivity index (χ2n) is 7.18. The number of hydrogen-bond donors (Lipinski definition) is 1. The summed E-state index contributed by atoms with van der Waals surface area (Å²) in [4.78, 5) is 29.1. The predicted octanol–water partition coefficient (Wildman–Crippen LogP) is 4.95. The average Bonchev–Trinajstić information content (AvgIpc) is 2.79. The number of rotatable bonds is 8. The van der Waals surface area contributed by atoms with Crippen molar-refractivity contribution in [2.75, 3.05) is 13.7 Å². The molecule has 0 fully saturated rings. The quantitative estimate of drug-likeness (QED) is 0.349. The van der Waals surface area contributed by atoms with E-state index in [0.717, 1.165) is 10.9 Å². The van der Waals surface area contributed by atoms with Gasteiger partial charge in [-0.2, -0.15) is 9.78 Å². The summed E-state index contributed by atoms with van der Waals surface area (Å²) in [5.74, 6) is 0.644. The van der Waals surface area contributed by atoms with Crippen LogP contribution in [0.3, 0.4) is 0 Å². The lowest BCUT2D eigenvalue weighted by atomic mass is 10.1. The van der Waals surface area contributed by atoms with Crippen molar-refractivity contribution in [3.8, 4) is 11.5 Å². The van der Waals surface area contributed by atoms with Gasteiger partial charge in [0.2, 0.25) is 0 Å². The highest BCUT2D eigenvalue weighted by molar-refractivity contribution is 9.13. The highest BCUT2D eigenvalue weighted by Crippen LogP contribution is 2.42. The average molecular weight is 645 g/mol. The topological polar surface area (TPSA) is 109 Å². The van der Waals surface area contributed by atoms with Crippen LogP contribution in [-0.4, -0.2) is 35.5 Å². The first-order valence-electron chi connectivity index (χ1n) is 9.91. The number of carbonyl (C=O) groups is 1. The molecular formula is C22H21Br3N4O4. The lowest BCUT2D eigenvalue weighted by molar-refractivity contribution is -0.119. The summed E-state index contributed by atoms with van der Waals surface area (Å²) in [5, 5.41) is 4.95. The van der Waals surface area contributed by atoms with Crippen molar-refractivity contribution in [2.24, 2.45) is 10.8 Å². The molecule has 3 rings (SSSR count). The molecule has 1 atom stereocenters. The molecule has 174 valence electrons. The van der Waals surface area contributed by atoms with E-state index in [1.807, 2.05) is 26.0 Å². The van der Waals surface area contributed by atoms with Gasteiger partial charge in [-0.1, -0.05) is 29.8 Å². The Balaban J connectivity index is 2.15. The fourth-order valence-electron chi connectivity index (χ4n) is 3.03. The van der Waals surface area contributed by atoms with Crippen molar-refractivity contribution in [3.63, 3.8) is 0 Å². The van der Waals surface area contributed by atoms with E-state index in [0.29, 0.717) is 42.7 Å². The zero-order valence-electron chi connectivity index (χ0n) is 18.1. The van der Waals surface area contributed by atoms with Crippen LogP contribution in [-0.2, 0) is 4.79 Å². The first kappa shape index (κ1) is 25.4. The maximum absolute atomic E-state index is 13.3. The summed E-state index contributed by atoms with van der Waals surface area (Å²) < 4.78 is 14.1. The standard InChI is InChI=1S/C22H21Br3N4O4/c1-4-11(2)21-28-15-6-5-13(23)8-14(15)22(31)29(21)27-9-12-7-16(32-3)20(19(25)18(12)24)33-10-17(26)30/h5-9,11H,4,10H2,1-3H3,(H2,26,30)/t11-/m0/s1. The number of ether oxygens (including phenoxy) is 2. The van der Waals surface area contributed by atoms with Crippen LogP contribution in [0.25, 0.3) is 10.9 Å². The molecule has 0 aliphatic heterocycles. The van der Waals surface area contributed by atoms with Gasteiger partial charge in [0.05, 0.1) is 28.7 Å². The van der Waals surface area contributed by atoms with Crippen molar-refractivity contribution >= 4 is 70.8 Å². The number of hydrogen-bond acceptors (Lipinski definition) is 6. The number of methoxy groups -OCH3 is 1. The third kappa shape index (κ3) is 5.47. The summed E-state index contributed by atoms with van der Waals surface area (Å²) in [7, 11) is 1.48. The maximum atomic E-state index is 13.3. The Morgan fingerprint density at radius 2 is 2.00 bits per heavy atom. The van der Waals surface area contributed by atoms with Gasteiger partial charge in [0.1, 0.15) is 5.82 Å². The van der Waals surface area contributed by atoms with E-state index >= 15 is 0 Å². The summed E-state index contributed by atoms with van der Waals surface area (Å²) >= 11 is 10.4. The molecule has 0 aliphatic rings. The SMILES string of the molecule is CC[C@H](C)c1nc2ccc(Br)cc2c(=O)n1N=Cc1cc(OC)c(OCC(N)=O)c(Br)c1Br. The first-order valence-corrected chi connectivity index (χ1v) is 12.3. The highest BCUT2D eigenvalue weighted by Gasteiger charge is 2.19. The van der Waals surface area contributed by atoms with Crippen LogP contribution < -0.4 is 20.8 Å². The molecule has 0 unspecified atom stereocenters. The van der Waals surface area contributed by atoms with Crippen LogP contribution in [0.2, 0.25) is 0 Å². The smallest absolute Gasteiger partial charge is 0.282 e. The molecule has 1 amide bonds. The number of halogens is 3. The second kappa shape index (κ2) is 10.8. The monoisotopic (exact) mass is 642 g/mol. The number of aromatic nitrogens is 2. The van der Waals surface area contributed by atoms with Crippen molar-refractivity contribution in [1.82, 2.24) is 9.66 Å². The molecule has 33 heavy (non-hydrogen) atoms. The van der Waals surface area contributed by atoms with E-state index in [-0.39, 0.29) is 18.1 Å². The van der Waals surface area contributed by atoms with Crippen molar-refractivity contribution < 1.29 is 14.3 Å². The van der Waals surface area contributed by atoms with Crippen LogP contribution in [0.15, 0.2) is 47.6 Å². The van der Waals surface area contributed by atoms with Gasteiger partial charge in [0, 0.05) is 20.4 Å². The van der Waals surface area contributed by atoms with E-state index in [2.05, 4.69) is 52.9 Å². The molecule has 2 N–H and O–H groups in total. The van der Waals surface area contributed by atoms with Gasteiger partial charge in [-0.15, -0.1) is 0 Å². The Bertz CT molecular complexity index is 1310. The number of benzene rings is 2. The van der Waals surface area contributed by atoms with Crippen LogP contribution in [0.1, 0.15) is 37.6 Å². The fourth-order valence-corrected chi connectivity index (χ4v) is 4.32. The minimum absolute atomic E-state index is 0.0113. The molecular weight excluding hydrogens is 624 g/mol. The lowest BCUT2D eigenvalue weighted by Gasteiger charge is -2.15. The summed E-state index contributed by atoms with van der Waals surface area (Å²) in [6.07, 6.45) is 2.33. The Labute approximate surface area is 215 Å². The number of nitrogens with zero attached hydrogens (tertiary/aromatic N) is 3. The van der Waals surface area contributed by atoms with E-state index in [1.54, 1.807) is 12.1 Å². The van der Waals surface area contributed by atoms with Gasteiger partial charge in [0.15, 0.2) is 18.1 Å². The molecule has 0 spiro atoms. The van der Waals surface area contributed by atoms with Crippen molar-refractivity contribution in [3.05, 3.63) is 59.4 Å². The molecule has 8 nitrogen and oxygen atoms in total. The molecule has 0 aliphatic carbocycles. The molecule has 0 saturated heterocycles.